The first kappa shape index (κ1) is 13.4. The van der Waals surface area contributed by atoms with E-state index in [1.807, 2.05) is 0 Å². The number of rotatable bonds is 3. The van der Waals surface area contributed by atoms with Crippen molar-refractivity contribution in [3.63, 3.8) is 0 Å². The zero-order chi connectivity index (χ0) is 13.8. The maximum absolute atomic E-state index is 12.1. The Kier molecular flexibility index (Phi) is 4.21. The largest absolute Gasteiger partial charge is 0.385 e. The van der Waals surface area contributed by atoms with Crippen LogP contribution in [0.4, 0.5) is 5.69 Å². The molecule has 1 saturated heterocycles. The number of aryl methyl sites for hydroxylation is 1. The maximum atomic E-state index is 12.1. The van der Waals surface area contributed by atoms with Gasteiger partial charge in [0.1, 0.15) is 0 Å². The quantitative estimate of drug-likeness (QED) is 0.887. The van der Waals surface area contributed by atoms with Crippen LogP contribution < -0.4 is 10.6 Å². The summed E-state index contributed by atoms with van der Waals surface area (Å²) in [5.74, 6) is 0.148. The fraction of sp³-hybridized carbons (Fsp3) is 0.562. The summed E-state index contributed by atoms with van der Waals surface area (Å²) in [4.78, 5) is 12.1. The second-order valence-electron chi connectivity index (χ2n) is 5.61. The van der Waals surface area contributed by atoms with Crippen molar-refractivity contribution in [2.45, 2.75) is 32.2 Å². The summed E-state index contributed by atoms with van der Waals surface area (Å²) in [6, 6.07) is 6.34. The molecule has 0 aromatic heterocycles. The fourth-order valence-electron chi connectivity index (χ4n) is 3.00. The number of fused-ring (bicyclic) bond motifs is 1. The van der Waals surface area contributed by atoms with Crippen LogP contribution in [0.25, 0.3) is 0 Å². The van der Waals surface area contributed by atoms with Crippen molar-refractivity contribution < 1.29 is 9.53 Å². The number of para-hydroxylation sites is 1. The minimum atomic E-state index is 0.0243. The zero-order valence-corrected chi connectivity index (χ0v) is 11.8. The standard InChI is InChI=1S/C16H22N2O2/c19-16(14-7-3-9-20-11-14)18-10-13-5-1-4-12-6-2-8-17-15(12)13/h1,4-5,14,17H,2-3,6-11H2,(H,18,19). The van der Waals surface area contributed by atoms with Crippen molar-refractivity contribution in [3.8, 4) is 0 Å². The molecular weight excluding hydrogens is 252 g/mol. The molecule has 0 radical (unpaired) electrons. The third kappa shape index (κ3) is 2.96. The topological polar surface area (TPSA) is 50.4 Å². The summed E-state index contributed by atoms with van der Waals surface area (Å²) < 4.78 is 5.37. The molecule has 3 rings (SSSR count). The van der Waals surface area contributed by atoms with Crippen molar-refractivity contribution in [2.24, 2.45) is 5.92 Å². The Balaban J connectivity index is 1.62. The Morgan fingerprint density at radius 3 is 3.20 bits per heavy atom. The lowest BCUT2D eigenvalue weighted by Crippen LogP contribution is -2.35. The minimum absolute atomic E-state index is 0.0243. The first-order valence-electron chi connectivity index (χ1n) is 7.54. The molecule has 0 saturated carbocycles. The molecule has 4 nitrogen and oxygen atoms in total. The van der Waals surface area contributed by atoms with Crippen molar-refractivity contribution in [3.05, 3.63) is 29.3 Å². The molecule has 108 valence electrons. The third-order valence-electron chi connectivity index (χ3n) is 4.15. The number of hydrogen-bond acceptors (Lipinski definition) is 3. The van der Waals surface area contributed by atoms with E-state index in [0.29, 0.717) is 13.2 Å². The Morgan fingerprint density at radius 1 is 1.40 bits per heavy atom. The second-order valence-corrected chi connectivity index (χ2v) is 5.61. The van der Waals surface area contributed by atoms with Crippen LogP contribution >= 0.6 is 0 Å². The molecule has 1 aromatic rings. The molecule has 2 aliphatic heterocycles. The van der Waals surface area contributed by atoms with Crippen molar-refractivity contribution in [1.29, 1.82) is 0 Å². The van der Waals surface area contributed by atoms with E-state index in [0.717, 1.165) is 32.4 Å². The van der Waals surface area contributed by atoms with E-state index >= 15 is 0 Å². The van der Waals surface area contributed by atoms with Crippen LogP contribution in [0, 0.1) is 5.92 Å². The molecule has 1 atom stereocenters. The first-order chi connectivity index (χ1) is 9.84. The van der Waals surface area contributed by atoms with Gasteiger partial charge >= 0.3 is 0 Å². The Labute approximate surface area is 119 Å². The minimum Gasteiger partial charge on any atom is -0.385 e. The molecule has 20 heavy (non-hydrogen) atoms. The summed E-state index contributed by atoms with van der Waals surface area (Å²) in [6.45, 7) is 2.98. The van der Waals surface area contributed by atoms with Crippen LogP contribution in [0.3, 0.4) is 0 Å². The number of carbonyl (C=O) groups is 1. The van der Waals surface area contributed by atoms with E-state index in [9.17, 15) is 4.79 Å². The summed E-state index contributed by atoms with van der Waals surface area (Å²) in [5.41, 5.74) is 3.77. The van der Waals surface area contributed by atoms with Gasteiger partial charge in [-0.25, -0.2) is 0 Å². The molecule has 1 unspecified atom stereocenters. The van der Waals surface area contributed by atoms with Gasteiger partial charge in [-0.15, -0.1) is 0 Å². The van der Waals surface area contributed by atoms with Gasteiger partial charge in [-0.1, -0.05) is 18.2 Å². The van der Waals surface area contributed by atoms with E-state index in [-0.39, 0.29) is 11.8 Å². The zero-order valence-electron chi connectivity index (χ0n) is 11.8. The van der Waals surface area contributed by atoms with Crippen molar-refractivity contribution in [2.75, 3.05) is 25.1 Å². The van der Waals surface area contributed by atoms with Gasteiger partial charge in [0.2, 0.25) is 5.91 Å². The van der Waals surface area contributed by atoms with E-state index < -0.39 is 0 Å². The van der Waals surface area contributed by atoms with E-state index in [2.05, 4.69) is 28.8 Å². The normalized spacial score (nSPS) is 21.7. The molecule has 1 fully saturated rings. The fourth-order valence-corrected chi connectivity index (χ4v) is 3.00. The molecule has 0 spiro atoms. The predicted molar refractivity (Wildman–Crippen MR) is 78.6 cm³/mol. The third-order valence-corrected chi connectivity index (χ3v) is 4.15. The second kappa shape index (κ2) is 6.27. The number of nitrogens with one attached hydrogen (secondary N) is 2. The molecule has 2 N–H and O–H groups in total. The highest BCUT2D eigenvalue weighted by Gasteiger charge is 2.22. The SMILES string of the molecule is O=C(NCc1cccc2c1NCCC2)C1CCCOC1. The van der Waals surface area contributed by atoms with Crippen molar-refractivity contribution in [1.82, 2.24) is 5.32 Å². The lowest BCUT2D eigenvalue weighted by atomic mass is 9.98. The number of benzene rings is 1. The van der Waals surface area contributed by atoms with E-state index in [1.165, 1.54) is 23.2 Å². The van der Waals surface area contributed by atoms with Gasteiger partial charge in [0.25, 0.3) is 0 Å². The van der Waals surface area contributed by atoms with Crippen LogP contribution in [0.2, 0.25) is 0 Å². The summed E-state index contributed by atoms with van der Waals surface area (Å²) in [7, 11) is 0. The molecule has 1 amide bonds. The maximum Gasteiger partial charge on any atom is 0.225 e. The summed E-state index contributed by atoms with van der Waals surface area (Å²) >= 11 is 0. The van der Waals surface area contributed by atoms with E-state index in [4.69, 9.17) is 4.74 Å². The first-order valence-corrected chi connectivity index (χ1v) is 7.54. The molecule has 2 aliphatic rings. The van der Waals surface area contributed by atoms with Crippen LogP contribution in [-0.2, 0) is 22.5 Å². The Morgan fingerprint density at radius 2 is 2.35 bits per heavy atom. The molecule has 0 bridgehead atoms. The van der Waals surface area contributed by atoms with Gasteiger partial charge in [0.15, 0.2) is 0 Å². The van der Waals surface area contributed by atoms with Crippen LogP contribution in [0.15, 0.2) is 18.2 Å². The molecule has 4 heteroatoms. The number of carbonyl (C=O) groups excluding carboxylic acids is 1. The van der Waals surface area contributed by atoms with Gasteiger partial charge in [-0.05, 0) is 36.8 Å². The molecule has 2 heterocycles. The van der Waals surface area contributed by atoms with Crippen LogP contribution in [0.1, 0.15) is 30.4 Å². The van der Waals surface area contributed by atoms with Crippen LogP contribution in [0.5, 0.6) is 0 Å². The van der Waals surface area contributed by atoms with Crippen molar-refractivity contribution >= 4 is 11.6 Å². The lowest BCUT2D eigenvalue weighted by molar-refractivity contribution is -0.129. The average Bonchev–Trinajstić information content (AvgIpc) is 2.53. The molecule has 1 aromatic carbocycles. The summed E-state index contributed by atoms with van der Waals surface area (Å²) in [6.07, 6.45) is 4.24. The highest BCUT2D eigenvalue weighted by atomic mass is 16.5. The van der Waals surface area contributed by atoms with Crippen LogP contribution in [-0.4, -0.2) is 25.7 Å². The van der Waals surface area contributed by atoms with Gasteiger partial charge in [0, 0.05) is 25.4 Å². The van der Waals surface area contributed by atoms with Gasteiger partial charge < -0.3 is 15.4 Å². The number of hydrogen-bond donors (Lipinski definition) is 2. The Bertz CT molecular complexity index is 481. The number of ether oxygens (including phenoxy) is 1. The highest BCUT2D eigenvalue weighted by molar-refractivity contribution is 5.79. The monoisotopic (exact) mass is 274 g/mol. The highest BCUT2D eigenvalue weighted by Crippen LogP contribution is 2.26. The smallest absolute Gasteiger partial charge is 0.225 e. The van der Waals surface area contributed by atoms with Gasteiger partial charge in [-0.2, -0.15) is 0 Å². The predicted octanol–water partition coefficient (Wildman–Crippen LogP) is 2.09. The molecular formula is C16H22N2O2. The van der Waals surface area contributed by atoms with Gasteiger partial charge in [-0.3, -0.25) is 4.79 Å². The average molecular weight is 274 g/mol. The lowest BCUT2D eigenvalue weighted by Gasteiger charge is -2.23. The van der Waals surface area contributed by atoms with E-state index in [1.54, 1.807) is 0 Å². The number of amides is 1. The summed E-state index contributed by atoms with van der Waals surface area (Å²) in [5, 5.41) is 6.52. The number of anilines is 1. The Hall–Kier alpha value is -1.55. The molecule has 0 aliphatic carbocycles. The van der Waals surface area contributed by atoms with Gasteiger partial charge in [0.05, 0.1) is 12.5 Å².